The van der Waals surface area contributed by atoms with Crippen LogP contribution in [0.4, 0.5) is 9.80 Å². The first-order chi connectivity index (χ1) is 9.82. The Morgan fingerprint density at radius 1 is 1.38 bits per heavy atom. The molecule has 1 rings (SSSR count). The minimum Gasteiger partial charge on any atom is -0.478 e. The Labute approximate surface area is 127 Å². The lowest BCUT2D eigenvalue weighted by molar-refractivity contribution is 0.0697. The molecule has 1 heterocycles. The number of carbonyl (C=O) groups excluding carboxylic acids is 1. The fourth-order valence-corrected chi connectivity index (χ4v) is 2.65. The Hall–Kier alpha value is -1.86. The molecule has 7 heteroatoms. The molecule has 0 aliphatic carbocycles. The monoisotopic (exact) mass is 312 g/mol. The number of amides is 2. The summed E-state index contributed by atoms with van der Waals surface area (Å²) in [4.78, 5) is 23.8. The summed E-state index contributed by atoms with van der Waals surface area (Å²) in [6.07, 6.45) is 0. The summed E-state index contributed by atoms with van der Waals surface area (Å²) < 4.78 is 5.25. The first kappa shape index (κ1) is 17.2. The molecule has 0 aromatic carbocycles. The molecule has 0 saturated carbocycles. The van der Waals surface area contributed by atoms with Gasteiger partial charge in [0.05, 0.1) is 18.8 Å². The number of nitrogens with one attached hydrogen (secondary N) is 2. The van der Waals surface area contributed by atoms with Gasteiger partial charge < -0.3 is 15.2 Å². The van der Waals surface area contributed by atoms with Crippen LogP contribution < -0.4 is 10.6 Å². The van der Waals surface area contributed by atoms with Crippen molar-refractivity contribution in [1.82, 2.24) is 5.32 Å². The average molecular weight is 312 g/mol. The fourth-order valence-electron chi connectivity index (χ4n) is 1.60. The van der Waals surface area contributed by atoms with E-state index in [-0.39, 0.29) is 5.56 Å². The zero-order valence-electron chi connectivity index (χ0n) is 12.4. The molecular formula is C14H20N2O4S. The largest absolute Gasteiger partial charge is 0.478 e. The highest BCUT2D eigenvalue weighted by atomic mass is 32.1. The van der Waals surface area contributed by atoms with Gasteiger partial charge in [0.2, 0.25) is 0 Å². The van der Waals surface area contributed by atoms with Gasteiger partial charge >= 0.3 is 12.0 Å². The maximum absolute atomic E-state index is 11.7. The van der Waals surface area contributed by atoms with Crippen LogP contribution in [0.3, 0.4) is 0 Å². The summed E-state index contributed by atoms with van der Waals surface area (Å²) in [6, 6.07) is -0.447. The number of aromatic carboxylic acids is 1. The van der Waals surface area contributed by atoms with Crippen molar-refractivity contribution in [2.45, 2.75) is 20.8 Å². The topological polar surface area (TPSA) is 87.7 Å². The van der Waals surface area contributed by atoms with Gasteiger partial charge in [-0.2, -0.15) is 0 Å². The van der Waals surface area contributed by atoms with Crippen molar-refractivity contribution in [3.63, 3.8) is 0 Å². The lowest BCUT2D eigenvalue weighted by Gasteiger charge is -2.08. The van der Waals surface area contributed by atoms with Crippen LogP contribution in [0.15, 0.2) is 12.2 Å². The summed E-state index contributed by atoms with van der Waals surface area (Å²) in [5, 5.41) is 14.7. The molecule has 2 amide bonds. The normalized spacial score (nSPS) is 10.2. The van der Waals surface area contributed by atoms with Crippen molar-refractivity contribution in [2.75, 3.05) is 25.1 Å². The summed E-state index contributed by atoms with van der Waals surface area (Å²) in [5.41, 5.74) is 1.73. The molecule has 0 aliphatic heterocycles. The summed E-state index contributed by atoms with van der Waals surface area (Å²) >= 11 is 1.25. The number of carbonyl (C=O) groups is 2. The smallest absolute Gasteiger partial charge is 0.338 e. The molecule has 1 aromatic rings. The predicted molar refractivity (Wildman–Crippen MR) is 83.4 cm³/mol. The van der Waals surface area contributed by atoms with Crippen LogP contribution in [0.1, 0.15) is 27.7 Å². The first-order valence-electron chi connectivity index (χ1n) is 6.43. The van der Waals surface area contributed by atoms with Crippen LogP contribution in [0.2, 0.25) is 0 Å². The van der Waals surface area contributed by atoms with Gasteiger partial charge in [-0.15, -0.1) is 11.3 Å². The van der Waals surface area contributed by atoms with Crippen molar-refractivity contribution < 1.29 is 19.4 Å². The van der Waals surface area contributed by atoms with Crippen LogP contribution in [0.25, 0.3) is 0 Å². The van der Waals surface area contributed by atoms with Crippen molar-refractivity contribution in [1.29, 1.82) is 0 Å². The number of urea groups is 1. The third kappa shape index (κ3) is 5.20. The fraction of sp³-hybridized carbons (Fsp3) is 0.429. The standard InChI is InChI=1S/C14H20N2O4S/c1-8(2)7-20-6-5-15-14(19)16-12-11(13(17)18)9(3)10(4)21-12/h1,5-7H2,2-4H3,(H,17,18)(H2,15,16,19). The predicted octanol–water partition coefficient (Wildman–Crippen LogP) is 2.78. The number of aryl methyl sites for hydroxylation is 1. The number of hydrogen-bond acceptors (Lipinski definition) is 4. The molecule has 0 radical (unpaired) electrons. The Morgan fingerprint density at radius 2 is 2.05 bits per heavy atom. The molecule has 0 aliphatic rings. The lowest BCUT2D eigenvalue weighted by atomic mass is 10.1. The number of anilines is 1. The van der Waals surface area contributed by atoms with Crippen molar-refractivity contribution in [3.8, 4) is 0 Å². The summed E-state index contributed by atoms with van der Waals surface area (Å²) in [5.74, 6) is -1.04. The molecule has 0 spiro atoms. The molecule has 1 aromatic heterocycles. The van der Waals surface area contributed by atoms with E-state index in [1.165, 1.54) is 11.3 Å². The highest BCUT2D eigenvalue weighted by molar-refractivity contribution is 7.16. The Kier molecular flexibility index (Phi) is 6.39. The van der Waals surface area contributed by atoms with Crippen molar-refractivity contribution >= 4 is 28.3 Å². The van der Waals surface area contributed by atoms with Gasteiger partial charge in [-0.1, -0.05) is 12.2 Å². The Morgan fingerprint density at radius 3 is 2.62 bits per heavy atom. The van der Waals surface area contributed by atoms with Crippen LogP contribution >= 0.6 is 11.3 Å². The molecule has 0 fully saturated rings. The van der Waals surface area contributed by atoms with Gasteiger partial charge in [0.15, 0.2) is 0 Å². The molecule has 0 unspecified atom stereocenters. The second kappa shape index (κ2) is 7.80. The van der Waals surface area contributed by atoms with Gasteiger partial charge in [0, 0.05) is 11.4 Å². The molecule has 6 nitrogen and oxygen atoms in total. The van der Waals surface area contributed by atoms with E-state index in [0.29, 0.717) is 30.3 Å². The molecule has 0 atom stereocenters. The van der Waals surface area contributed by atoms with E-state index in [2.05, 4.69) is 17.2 Å². The van der Waals surface area contributed by atoms with Gasteiger partial charge in [-0.25, -0.2) is 9.59 Å². The van der Waals surface area contributed by atoms with Crippen molar-refractivity contribution in [3.05, 3.63) is 28.2 Å². The average Bonchev–Trinajstić information content (AvgIpc) is 2.63. The first-order valence-corrected chi connectivity index (χ1v) is 7.24. The van der Waals surface area contributed by atoms with Crippen LogP contribution in [0.5, 0.6) is 0 Å². The number of thiophene rings is 1. The SMILES string of the molecule is C=C(C)COCCNC(=O)Nc1sc(C)c(C)c1C(=O)O. The van der Waals surface area contributed by atoms with Crippen LogP contribution in [-0.2, 0) is 4.74 Å². The molecule has 0 bridgehead atoms. The van der Waals surface area contributed by atoms with Gasteiger partial charge in [-0.3, -0.25) is 5.32 Å². The highest BCUT2D eigenvalue weighted by Crippen LogP contribution is 2.32. The quantitative estimate of drug-likeness (QED) is 0.533. The maximum Gasteiger partial charge on any atom is 0.338 e. The minimum absolute atomic E-state index is 0.145. The van der Waals surface area contributed by atoms with E-state index in [1.807, 2.05) is 13.8 Å². The van der Waals surface area contributed by atoms with Crippen LogP contribution in [0, 0.1) is 13.8 Å². The van der Waals surface area contributed by atoms with E-state index in [9.17, 15) is 14.7 Å². The van der Waals surface area contributed by atoms with Crippen molar-refractivity contribution in [2.24, 2.45) is 0 Å². The molecule has 116 valence electrons. The van der Waals surface area contributed by atoms with E-state index in [1.54, 1.807) is 6.92 Å². The van der Waals surface area contributed by atoms with Crippen LogP contribution in [-0.4, -0.2) is 36.9 Å². The third-order valence-corrected chi connectivity index (χ3v) is 3.83. The van der Waals surface area contributed by atoms with E-state index in [4.69, 9.17) is 4.74 Å². The maximum atomic E-state index is 11.7. The van der Waals surface area contributed by atoms with Gasteiger partial charge in [0.1, 0.15) is 5.00 Å². The number of ether oxygens (including phenoxy) is 1. The number of hydrogen-bond donors (Lipinski definition) is 3. The Bertz CT molecular complexity index is 551. The second-order valence-corrected chi connectivity index (χ2v) is 5.91. The number of carboxylic acids is 1. The third-order valence-electron chi connectivity index (χ3n) is 2.71. The summed E-state index contributed by atoms with van der Waals surface area (Å²) in [6.45, 7) is 10.3. The Balaban J connectivity index is 2.50. The highest BCUT2D eigenvalue weighted by Gasteiger charge is 2.20. The van der Waals surface area contributed by atoms with E-state index in [0.717, 1.165) is 10.5 Å². The minimum atomic E-state index is -1.04. The van der Waals surface area contributed by atoms with Gasteiger partial charge in [-0.05, 0) is 26.3 Å². The molecule has 0 saturated heterocycles. The zero-order chi connectivity index (χ0) is 16.0. The second-order valence-electron chi connectivity index (χ2n) is 4.68. The molecule has 3 N–H and O–H groups in total. The molecule has 21 heavy (non-hydrogen) atoms. The van der Waals surface area contributed by atoms with Gasteiger partial charge in [0.25, 0.3) is 0 Å². The van der Waals surface area contributed by atoms with E-state index < -0.39 is 12.0 Å². The molecular weight excluding hydrogens is 292 g/mol. The lowest BCUT2D eigenvalue weighted by Crippen LogP contribution is -2.31. The number of carboxylic acid groups (broad SMARTS) is 1. The zero-order valence-corrected chi connectivity index (χ0v) is 13.2. The summed E-state index contributed by atoms with van der Waals surface area (Å²) in [7, 11) is 0. The van der Waals surface area contributed by atoms with E-state index >= 15 is 0 Å². The number of rotatable bonds is 7.